The highest BCUT2D eigenvalue weighted by molar-refractivity contribution is 4.81. The number of nitriles is 1. The Morgan fingerprint density at radius 2 is 2.43 bits per heavy atom. The predicted octanol–water partition coefficient (Wildman–Crippen LogP) is 1.76. The summed E-state index contributed by atoms with van der Waals surface area (Å²) >= 11 is 0. The third-order valence-corrected chi connectivity index (χ3v) is 0.810. The van der Waals surface area contributed by atoms with Crippen LogP contribution in [0, 0.1) is 23.7 Å². The molecule has 0 bridgehead atoms. The molecule has 0 fully saturated rings. The molecule has 0 saturated heterocycles. The molecular weight excluding hydrogens is 86.1 g/mol. The maximum atomic E-state index is 8.20. The van der Waals surface area contributed by atoms with Gasteiger partial charge < -0.3 is 0 Å². The number of hydrogen-bond donors (Lipinski definition) is 0. The molecule has 0 saturated carbocycles. The first-order valence-corrected chi connectivity index (χ1v) is 2.48. The third-order valence-electron chi connectivity index (χ3n) is 0.810. The zero-order chi connectivity index (χ0) is 5.70. The highest BCUT2D eigenvalue weighted by Crippen LogP contribution is 1.99. The van der Waals surface area contributed by atoms with E-state index in [1.165, 1.54) is 0 Å². The van der Waals surface area contributed by atoms with Gasteiger partial charge in [0.25, 0.3) is 0 Å². The molecule has 1 unspecified atom stereocenters. The molecule has 0 spiro atoms. The number of nitrogens with zero attached hydrogens (tertiary/aromatic N) is 1. The minimum Gasteiger partial charge on any atom is -0.198 e. The van der Waals surface area contributed by atoms with E-state index in [9.17, 15) is 0 Å². The second-order valence-electron chi connectivity index (χ2n) is 1.67. The van der Waals surface area contributed by atoms with Crippen LogP contribution in [0.2, 0.25) is 0 Å². The zero-order valence-electron chi connectivity index (χ0n) is 4.81. The van der Waals surface area contributed by atoms with Gasteiger partial charge >= 0.3 is 0 Å². The lowest BCUT2D eigenvalue weighted by Crippen LogP contribution is -1.86. The van der Waals surface area contributed by atoms with Crippen molar-refractivity contribution in [3.05, 3.63) is 6.42 Å². The summed E-state index contributed by atoms with van der Waals surface area (Å²) < 4.78 is 0. The lowest BCUT2D eigenvalue weighted by atomic mass is 10.1. The van der Waals surface area contributed by atoms with E-state index in [0.29, 0.717) is 0 Å². The van der Waals surface area contributed by atoms with Crippen molar-refractivity contribution in [1.29, 1.82) is 5.26 Å². The standard InChI is InChI=1S/C6H10N/c1-3-4-6(2)5-7/h3,6H,4H2,1-2H3. The Balaban J connectivity index is 3.04. The monoisotopic (exact) mass is 96.1 g/mol. The third kappa shape index (κ3) is 3.32. The summed E-state index contributed by atoms with van der Waals surface area (Å²) in [6.07, 6.45) is 2.92. The van der Waals surface area contributed by atoms with Gasteiger partial charge in [0.2, 0.25) is 0 Å². The summed E-state index contributed by atoms with van der Waals surface area (Å²) in [5.74, 6) is 0.199. The van der Waals surface area contributed by atoms with E-state index in [2.05, 4.69) is 6.07 Å². The van der Waals surface area contributed by atoms with Gasteiger partial charge in [0.15, 0.2) is 0 Å². The summed E-state index contributed by atoms with van der Waals surface area (Å²) in [5, 5.41) is 8.20. The van der Waals surface area contributed by atoms with Crippen LogP contribution in [0.4, 0.5) is 0 Å². The van der Waals surface area contributed by atoms with Crippen molar-refractivity contribution >= 4 is 0 Å². The molecule has 0 rings (SSSR count). The predicted molar refractivity (Wildman–Crippen MR) is 29.4 cm³/mol. The first kappa shape index (κ1) is 6.49. The molecule has 0 N–H and O–H groups in total. The average Bonchev–Trinajstić information content (AvgIpc) is 1.68. The average molecular weight is 96.2 g/mol. The highest BCUT2D eigenvalue weighted by atomic mass is 14.2. The highest BCUT2D eigenvalue weighted by Gasteiger charge is 1.93. The molecule has 7 heavy (non-hydrogen) atoms. The minimum absolute atomic E-state index is 0.199. The second-order valence-corrected chi connectivity index (χ2v) is 1.67. The number of hydrogen-bond acceptors (Lipinski definition) is 1. The molecular formula is C6H10N. The number of rotatable bonds is 2. The molecule has 0 aromatic carbocycles. The molecule has 0 aliphatic rings. The molecule has 0 aliphatic carbocycles. The fourth-order valence-corrected chi connectivity index (χ4v) is 0.406. The van der Waals surface area contributed by atoms with Crippen LogP contribution in [0.1, 0.15) is 20.3 Å². The van der Waals surface area contributed by atoms with Crippen LogP contribution in [-0.2, 0) is 0 Å². The molecule has 39 valence electrons. The summed E-state index contributed by atoms with van der Waals surface area (Å²) in [4.78, 5) is 0. The van der Waals surface area contributed by atoms with Crippen molar-refractivity contribution < 1.29 is 0 Å². The second kappa shape index (κ2) is 3.67. The van der Waals surface area contributed by atoms with Crippen molar-refractivity contribution in [3.8, 4) is 6.07 Å². The van der Waals surface area contributed by atoms with E-state index in [0.717, 1.165) is 6.42 Å². The topological polar surface area (TPSA) is 23.8 Å². The van der Waals surface area contributed by atoms with E-state index in [4.69, 9.17) is 5.26 Å². The smallest absolute Gasteiger partial charge is 0.0652 e. The Morgan fingerprint density at radius 1 is 1.86 bits per heavy atom. The molecule has 0 heterocycles. The SMILES string of the molecule is C[CH]CC(C)C#N. The Morgan fingerprint density at radius 3 is 2.57 bits per heavy atom. The summed E-state index contributed by atoms with van der Waals surface area (Å²) in [6, 6.07) is 2.13. The van der Waals surface area contributed by atoms with Gasteiger partial charge in [0, 0.05) is 5.92 Å². The molecule has 1 atom stereocenters. The van der Waals surface area contributed by atoms with Crippen molar-refractivity contribution in [2.45, 2.75) is 20.3 Å². The Kier molecular flexibility index (Phi) is 3.40. The fraction of sp³-hybridized carbons (Fsp3) is 0.667. The Labute approximate surface area is 45.0 Å². The lowest BCUT2D eigenvalue weighted by Gasteiger charge is -1.92. The molecule has 0 amide bonds. The molecule has 1 radical (unpaired) electrons. The van der Waals surface area contributed by atoms with Gasteiger partial charge in [-0.05, 0) is 19.8 Å². The first-order chi connectivity index (χ1) is 3.31. The van der Waals surface area contributed by atoms with Crippen molar-refractivity contribution in [2.24, 2.45) is 5.92 Å². The molecule has 0 aliphatic heterocycles. The first-order valence-electron chi connectivity index (χ1n) is 2.48. The van der Waals surface area contributed by atoms with E-state index in [-0.39, 0.29) is 5.92 Å². The summed E-state index contributed by atoms with van der Waals surface area (Å²) in [7, 11) is 0. The van der Waals surface area contributed by atoms with Crippen LogP contribution in [0.25, 0.3) is 0 Å². The molecule has 1 nitrogen and oxygen atoms in total. The maximum Gasteiger partial charge on any atom is 0.0652 e. The van der Waals surface area contributed by atoms with Crippen LogP contribution >= 0.6 is 0 Å². The summed E-state index contributed by atoms with van der Waals surface area (Å²) in [6.45, 7) is 3.88. The molecule has 0 aromatic rings. The van der Waals surface area contributed by atoms with Gasteiger partial charge in [-0.15, -0.1) is 0 Å². The van der Waals surface area contributed by atoms with Gasteiger partial charge in [-0.25, -0.2) is 0 Å². The molecule has 1 heteroatoms. The largest absolute Gasteiger partial charge is 0.198 e. The van der Waals surface area contributed by atoms with E-state index in [1.807, 2.05) is 20.3 Å². The quantitative estimate of drug-likeness (QED) is 0.514. The van der Waals surface area contributed by atoms with Crippen LogP contribution in [0.3, 0.4) is 0 Å². The van der Waals surface area contributed by atoms with Gasteiger partial charge in [-0.1, -0.05) is 6.92 Å². The van der Waals surface area contributed by atoms with Gasteiger partial charge in [-0.2, -0.15) is 5.26 Å². The van der Waals surface area contributed by atoms with Gasteiger partial charge in [0.05, 0.1) is 6.07 Å². The maximum absolute atomic E-state index is 8.20. The van der Waals surface area contributed by atoms with E-state index < -0.39 is 0 Å². The van der Waals surface area contributed by atoms with Crippen molar-refractivity contribution in [1.82, 2.24) is 0 Å². The lowest BCUT2D eigenvalue weighted by molar-refractivity contribution is 0.727. The van der Waals surface area contributed by atoms with E-state index in [1.54, 1.807) is 0 Å². The van der Waals surface area contributed by atoms with Crippen molar-refractivity contribution in [3.63, 3.8) is 0 Å². The Bertz CT molecular complexity index is 70.7. The Hall–Kier alpha value is -0.510. The normalized spacial score (nSPS) is 12.7. The van der Waals surface area contributed by atoms with Crippen LogP contribution < -0.4 is 0 Å². The van der Waals surface area contributed by atoms with Crippen LogP contribution in [-0.4, -0.2) is 0 Å². The van der Waals surface area contributed by atoms with Gasteiger partial charge in [0.1, 0.15) is 0 Å². The zero-order valence-corrected chi connectivity index (χ0v) is 4.81. The van der Waals surface area contributed by atoms with E-state index >= 15 is 0 Å². The van der Waals surface area contributed by atoms with Gasteiger partial charge in [-0.3, -0.25) is 0 Å². The van der Waals surface area contributed by atoms with Crippen LogP contribution in [0.15, 0.2) is 0 Å². The fourth-order valence-electron chi connectivity index (χ4n) is 0.406. The molecule has 0 aromatic heterocycles. The minimum atomic E-state index is 0.199. The van der Waals surface area contributed by atoms with Crippen LogP contribution in [0.5, 0.6) is 0 Å². The van der Waals surface area contributed by atoms with Crippen molar-refractivity contribution in [2.75, 3.05) is 0 Å². The summed E-state index contributed by atoms with van der Waals surface area (Å²) in [5.41, 5.74) is 0.